The van der Waals surface area contributed by atoms with Crippen LogP contribution >= 0.6 is 0 Å². The van der Waals surface area contributed by atoms with Crippen molar-refractivity contribution in [2.24, 2.45) is 5.92 Å². The molecule has 0 bridgehead atoms. The molecule has 1 aliphatic rings. The highest BCUT2D eigenvalue weighted by Crippen LogP contribution is 2.34. The van der Waals surface area contributed by atoms with Crippen molar-refractivity contribution in [2.45, 2.75) is 19.4 Å². The topological polar surface area (TPSA) is 47.9 Å². The first-order valence-electron chi connectivity index (χ1n) is 6.29. The molecule has 2 rings (SSSR count). The molecule has 0 aliphatic carbocycles. The second-order valence-electron chi connectivity index (χ2n) is 4.63. The van der Waals surface area contributed by atoms with Crippen molar-refractivity contribution in [2.75, 3.05) is 26.9 Å². The van der Waals surface area contributed by atoms with Crippen LogP contribution in [0.5, 0.6) is 11.5 Å². The van der Waals surface area contributed by atoms with Gasteiger partial charge in [-0.25, -0.2) is 0 Å². The van der Waals surface area contributed by atoms with Gasteiger partial charge >= 0.3 is 0 Å². The number of fused-ring (bicyclic) bond motifs is 1. The third-order valence-electron chi connectivity index (χ3n) is 3.08. The smallest absolute Gasteiger partial charge is 0.161 e. The molecule has 100 valence electrons. The summed E-state index contributed by atoms with van der Waals surface area (Å²) < 4.78 is 16.2. The summed E-state index contributed by atoms with van der Waals surface area (Å²) in [5.41, 5.74) is 0.837. The predicted molar refractivity (Wildman–Crippen MR) is 68.0 cm³/mol. The lowest BCUT2D eigenvalue weighted by molar-refractivity contribution is 0.0565. The van der Waals surface area contributed by atoms with Gasteiger partial charge in [0.15, 0.2) is 11.5 Å². The SMILES string of the molecule is COCC(C)C(O)c1ccc2c(c1)OCCCO2. The molecule has 0 saturated carbocycles. The fourth-order valence-corrected chi connectivity index (χ4v) is 2.05. The molecule has 0 spiro atoms. The standard InChI is InChI=1S/C14H20O4/c1-10(9-16-2)14(15)11-4-5-12-13(8-11)18-7-3-6-17-12/h4-5,8,10,14-15H,3,6-7,9H2,1-2H3. The first-order chi connectivity index (χ1) is 8.72. The molecule has 2 atom stereocenters. The van der Waals surface area contributed by atoms with E-state index >= 15 is 0 Å². The fraction of sp³-hybridized carbons (Fsp3) is 0.571. The van der Waals surface area contributed by atoms with E-state index < -0.39 is 6.10 Å². The second-order valence-corrected chi connectivity index (χ2v) is 4.63. The third-order valence-corrected chi connectivity index (χ3v) is 3.08. The molecule has 1 aliphatic heterocycles. The Labute approximate surface area is 107 Å². The van der Waals surface area contributed by atoms with Gasteiger partial charge < -0.3 is 19.3 Å². The summed E-state index contributed by atoms with van der Waals surface area (Å²) in [5.74, 6) is 1.51. The Kier molecular flexibility index (Phi) is 4.44. The molecule has 1 aromatic carbocycles. The maximum Gasteiger partial charge on any atom is 0.161 e. The Bertz CT molecular complexity index is 391. The van der Waals surface area contributed by atoms with Crippen molar-refractivity contribution >= 4 is 0 Å². The summed E-state index contributed by atoms with van der Waals surface area (Å²) in [7, 11) is 1.64. The lowest BCUT2D eigenvalue weighted by Gasteiger charge is -2.19. The molecule has 2 unspecified atom stereocenters. The number of benzene rings is 1. The molecule has 0 aromatic heterocycles. The zero-order valence-corrected chi connectivity index (χ0v) is 10.9. The van der Waals surface area contributed by atoms with Crippen LogP contribution in [-0.2, 0) is 4.74 Å². The summed E-state index contributed by atoms with van der Waals surface area (Å²) in [6.07, 6.45) is 0.328. The average Bonchev–Trinajstić information content (AvgIpc) is 2.62. The van der Waals surface area contributed by atoms with Crippen LogP contribution < -0.4 is 9.47 Å². The minimum atomic E-state index is -0.554. The molecule has 0 amide bonds. The van der Waals surface area contributed by atoms with Crippen molar-refractivity contribution in [1.82, 2.24) is 0 Å². The van der Waals surface area contributed by atoms with Crippen LogP contribution in [0.4, 0.5) is 0 Å². The summed E-state index contributed by atoms with van der Waals surface area (Å²) >= 11 is 0. The molecule has 0 saturated heterocycles. The van der Waals surface area contributed by atoms with E-state index in [0.29, 0.717) is 25.6 Å². The Morgan fingerprint density at radius 3 is 2.72 bits per heavy atom. The van der Waals surface area contributed by atoms with Crippen molar-refractivity contribution in [3.8, 4) is 11.5 Å². The zero-order chi connectivity index (χ0) is 13.0. The lowest BCUT2D eigenvalue weighted by Crippen LogP contribution is -2.14. The summed E-state index contributed by atoms with van der Waals surface area (Å²) in [4.78, 5) is 0. The van der Waals surface area contributed by atoms with Crippen LogP contribution in [0, 0.1) is 5.92 Å². The number of ether oxygens (including phenoxy) is 3. The van der Waals surface area contributed by atoms with Gasteiger partial charge in [0.2, 0.25) is 0 Å². The van der Waals surface area contributed by atoms with Gasteiger partial charge in [-0.2, -0.15) is 0 Å². The van der Waals surface area contributed by atoms with Gasteiger partial charge in [0.25, 0.3) is 0 Å². The molecule has 1 aromatic rings. The molecular weight excluding hydrogens is 232 g/mol. The Balaban J connectivity index is 2.17. The van der Waals surface area contributed by atoms with Crippen molar-refractivity contribution in [1.29, 1.82) is 0 Å². The highest BCUT2D eigenvalue weighted by molar-refractivity contribution is 5.44. The van der Waals surface area contributed by atoms with E-state index in [0.717, 1.165) is 17.7 Å². The quantitative estimate of drug-likeness (QED) is 0.892. The first kappa shape index (κ1) is 13.2. The number of hydrogen-bond acceptors (Lipinski definition) is 4. The Hall–Kier alpha value is -1.26. The van der Waals surface area contributed by atoms with Gasteiger partial charge in [-0.15, -0.1) is 0 Å². The van der Waals surface area contributed by atoms with Crippen LogP contribution in [0.1, 0.15) is 25.0 Å². The molecule has 0 radical (unpaired) electrons. The molecule has 1 N–H and O–H groups in total. The van der Waals surface area contributed by atoms with E-state index in [1.807, 2.05) is 25.1 Å². The summed E-state index contributed by atoms with van der Waals surface area (Å²) in [5, 5.41) is 10.2. The normalized spacial score (nSPS) is 17.9. The minimum absolute atomic E-state index is 0.0414. The van der Waals surface area contributed by atoms with Gasteiger partial charge in [-0.1, -0.05) is 13.0 Å². The molecule has 1 heterocycles. The van der Waals surface area contributed by atoms with E-state index in [4.69, 9.17) is 14.2 Å². The van der Waals surface area contributed by atoms with Gasteiger partial charge in [0.05, 0.1) is 25.9 Å². The molecule has 4 nitrogen and oxygen atoms in total. The van der Waals surface area contributed by atoms with Crippen LogP contribution in [-0.4, -0.2) is 32.0 Å². The number of hydrogen-bond donors (Lipinski definition) is 1. The van der Waals surface area contributed by atoms with E-state index in [1.54, 1.807) is 7.11 Å². The van der Waals surface area contributed by atoms with Crippen LogP contribution in [0.15, 0.2) is 18.2 Å². The molecule has 0 fully saturated rings. The minimum Gasteiger partial charge on any atom is -0.490 e. The highest BCUT2D eigenvalue weighted by atomic mass is 16.5. The second kappa shape index (κ2) is 6.07. The van der Waals surface area contributed by atoms with Crippen molar-refractivity contribution in [3.05, 3.63) is 23.8 Å². The Morgan fingerprint density at radius 2 is 2.00 bits per heavy atom. The molecule has 18 heavy (non-hydrogen) atoms. The molecular formula is C14H20O4. The van der Waals surface area contributed by atoms with E-state index in [-0.39, 0.29) is 5.92 Å². The summed E-state index contributed by atoms with van der Waals surface area (Å²) in [6.45, 7) is 3.81. The lowest BCUT2D eigenvalue weighted by atomic mass is 9.98. The number of aliphatic hydroxyl groups is 1. The van der Waals surface area contributed by atoms with Gasteiger partial charge in [0.1, 0.15) is 0 Å². The predicted octanol–water partition coefficient (Wildman–Crippen LogP) is 2.16. The van der Waals surface area contributed by atoms with Crippen molar-refractivity contribution in [3.63, 3.8) is 0 Å². The third kappa shape index (κ3) is 2.94. The van der Waals surface area contributed by atoms with Gasteiger partial charge in [-0.3, -0.25) is 0 Å². The van der Waals surface area contributed by atoms with E-state index in [2.05, 4.69) is 0 Å². The van der Waals surface area contributed by atoms with Gasteiger partial charge in [0, 0.05) is 19.4 Å². The maximum absolute atomic E-state index is 10.2. The average molecular weight is 252 g/mol. The highest BCUT2D eigenvalue weighted by Gasteiger charge is 2.19. The summed E-state index contributed by atoms with van der Waals surface area (Å²) in [6, 6.07) is 5.60. The monoisotopic (exact) mass is 252 g/mol. The van der Waals surface area contributed by atoms with Crippen LogP contribution in [0.2, 0.25) is 0 Å². The van der Waals surface area contributed by atoms with Crippen LogP contribution in [0.25, 0.3) is 0 Å². The van der Waals surface area contributed by atoms with E-state index in [9.17, 15) is 5.11 Å². The van der Waals surface area contributed by atoms with Crippen LogP contribution in [0.3, 0.4) is 0 Å². The van der Waals surface area contributed by atoms with E-state index in [1.165, 1.54) is 0 Å². The number of aliphatic hydroxyl groups excluding tert-OH is 1. The maximum atomic E-state index is 10.2. The molecule has 4 heteroatoms. The largest absolute Gasteiger partial charge is 0.490 e. The van der Waals surface area contributed by atoms with Gasteiger partial charge in [-0.05, 0) is 17.7 Å². The van der Waals surface area contributed by atoms with Crippen molar-refractivity contribution < 1.29 is 19.3 Å². The number of methoxy groups -OCH3 is 1. The zero-order valence-electron chi connectivity index (χ0n) is 10.9. The first-order valence-corrected chi connectivity index (χ1v) is 6.29. The fourth-order valence-electron chi connectivity index (χ4n) is 2.05. The number of rotatable bonds is 4. The Morgan fingerprint density at radius 1 is 1.28 bits per heavy atom.